The van der Waals surface area contributed by atoms with Crippen LogP contribution in [0.3, 0.4) is 0 Å². The lowest BCUT2D eigenvalue weighted by Gasteiger charge is -2.18. The molecule has 17 heavy (non-hydrogen) atoms. The zero-order valence-corrected chi connectivity index (χ0v) is 10.3. The van der Waals surface area contributed by atoms with Crippen molar-refractivity contribution in [2.45, 2.75) is 12.8 Å². The van der Waals surface area contributed by atoms with Crippen LogP contribution in [0, 0.1) is 0 Å². The molecule has 0 aromatic carbocycles. The first-order chi connectivity index (χ1) is 8.11. The van der Waals surface area contributed by atoms with E-state index in [1.165, 1.54) is 0 Å². The van der Waals surface area contributed by atoms with Gasteiger partial charge in [-0.2, -0.15) is 0 Å². The van der Waals surface area contributed by atoms with Crippen molar-refractivity contribution in [3.05, 3.63) is 29.2 Å². The molecule has 0 spiro atoms. The minimum absolute atomic E-state index is 0.0441. The van der Waals surface area contributed by atoms with E-state index in [2.05, 4.69) is 15.3 Å². The van der Waals surface area contributed by atoms with Crippen molar-refractivity contribution < 1.29 is 4.79 Å². The molecule has 0 bridgehead atoms. The SMILES string of the molecule is CNc1ncc2c(n1)CC/C(=C/N(C)C)C2=O. The molecular formula is C12H16N4O. The Morgan fingerprint density at radius 2 is 2.18 bits per heavy atom. The van der Waals surface area contributed by atoms with Crippen LogP contribution in [0.1, 0.15) is 22.5 Å². The summed E-state index contributed by atoms with van der Waals surface area (Å²) in [6.45, 7) is 0. The summed E-state index contributed by atoms with van der Waals surface area (Å²) >= 11 is 0. The van der Waals surface area contributed by atoms with E-state index in [9.17, 15) is 4.79 Å². The van der Waals surface area contributed by atoms with Gasteiger partial charge in [0, 0.05) is 39.1 Å². The summed E-state index contributed by atoms with van der Waals surface area (Å²) in [6.07, 6.45) is 5.01. The molecule has 0 atom stereocenters. The van der Waals surface area contributed by atoms with Crippen molar-refractivity contribution in [1.29, 1.82) is 0 Å². The summed E-state index contributed by atoms with van der Waals surface area (Å²) in [5, 5.41) is 2.88. The van der Waals surface area contributed by atoms with Crippen LogP contribution < -0.4 is 5.32 Å². The molecule has 1 heterocycles. The third kappa shape index (κ3) is 2.27. The average Bonchev–Trinajstić information content (AvgIpc) is 2.32. The molecule has 2 rings (SSSR count). The first kappa shape index (κ1) is 11.6. The van der Waals surface area contributed by atoms with Gasteiger partial charge in [-0.3, -0.25) is 4.79 Å². The van der Waals surface area contributed by atoms with Crippen LogP contribution in [0.25, 0.3) is 0 Å². The number of hydrogen-bond acceptors (Lipinski definition) is 5. The number of hydrogen-bond donors (Lipinski definition) is 1. The van der Waals surface area contributed by atoms with Crippen LogP contribution in [0.15, 0.2) is 18.0 Å². The van der Waals surface area contributed by atoms with Crippen molar-refractivity contribution in [1.82, 2.24) is 14.9 Å². The fourth-order valence-corrected chi connectivity index (χ4v) is 1.89. The van der Waals surface area contributed by atoms with E-state index in [0.717, 1.165) is 24.1 Å². The second kappa shape index (κ2) is 4.53. The maximum Gasteiger partial charge on any atom is 0.222 e. The van der Waals surface area contributed by atoms with Gasteiger partial charge in [0.05, 0.1) is 11.3 Å². The standard InChI is InChI=1S/C12H16N4O/c1-13-12-14-6-9-10(15-12)5-4-8(11(9)17)7-16(2)3/h6-7H,4-5H2,1-3H3,(H,13,14,15)/b8-7-. The molecule has 0 amide bonds. The third-order valence-electron chi connectivity index (χ3n) is 2.67. The summed E-state index contributed by atoms with van der Waals surface area (Å²) in [4.78, 5) is 22.4. The Hall–Kier alpha value is -1.91. The molecular weight excluding hydrogens is 216 g/mol. The predicted octanol–water partition coefficient (Wildman–Crippen LogP) is 1.09. The summed E-state index contributed by atoms with van der Waals surface area (Å²) in [5.74, 6) is 0.610. The molecule has 1 aliphatic carbocycles. The number of Topliss-reactive ketones (excluding diaryl/α,β-unsaturated/α-hetero) is 1. The van der Waals surface area contributed by atoms with Crippen LogP contribution in [-0.4, -0.2) is 41.8 Å². The number of aryl methyl sites for hydroxylation is 1. The molecule has 90 valence electrons. The fraction of sp³-hybridized carbons (Fsp3) is 0.417. The van der Waals surface area contributed by atoms with Crippen LogP contribution in [0.5, 0.6) is 0 Å². The molecule has 1 N–H and O–H groups in total. The molecule has 5 heteroatoms. The van der Waals surface area contributed by atoms with Crippen LogP contribution in [0.4, 0.5) is 5.95 Å². The topological polar surface area (TPSA) is 58.1 Å². The molecule has 5 nitrogen and oxygen atoms in total. The van der Waals surface area contributed by atoms with Crippen molar-refractivity contribution in [3.8, 4) is 0 Å². The largest absolute Gasteiger partial charge is 0.383 e. The Labute approximate surface area is 101 Å². The number of allylic oxidation sites excluding steroid dienone is 1. The monoisotopic (exact) mass is 232 g/mol. The van der Waals surface area contributed by atoms with Gasteiger partial charge in [0.25, 0.3) is 0 Å². The van der Waals surface area contributed by atoms with Gasteiger partial charge in [0.1, 0.15) is 0 Å². The van der Waals surface area contributed by atoms with Crippen molar-refractivity contribution in [2.24, 2.45) is 0 Å². The Balaban J connectivity index is 2.37. The maximum absolute atomic E-state index is 12.2. The van der Waals surface area contributed by atoms with Gasteiger partial charge in [-0.05, 0) is 12.8 Å². The fourth-order valence-electron chi connectivity index (χ4n) is 1.89. The molecule has 0 radical (unpaired) electrons. The van der Waals surface area contributed by atoms with E-state index >= 15 is 0 Å². The van der Waals surface area contributed by atoms with E-state index in [0.29, 0.717) is 11.5 Å². The Bertz CT molecular complexity index is 479. The lowest BCUT2D eigenvalue weighted by Crippen LogP contribution is -2.19. The summed E-state index contributed by atoms with van der Waals surface area (Å²) in [5.41, 5.74) is 2.29. The van der Waals surface area contributed by atoms with Crippen LogP contribution in [-0.2, 0) is 6.42 Å². The molecule has 0 saturated carbocycles. The number of carbonyl (C=O) groups excluding carboxylic acids is 1. The summed E-state index contributed by atoms with van der Waals surface area (Å²) in [7, 11) is 5.59. The average molecular weight is 232 g/mol. The van der Waals surface area contributed by atoms with Gasteiger partial charge in [0.15, 0.2) is 5.78 Å². The van der Waals surface area contributed by atoms with Gasteiger partial charge in [-0.15, -0.1) is 0 Å². The zero-order valence-electron chi connectivity index (χ0n) is 10.3. The first-order valence-electron chi connectivity index (χ1n) is 5.57. The number of rotatable bonds is 2. The van der Waals surface area contributed by atoms with E-state index in [1.54, 1.807) is 13.2 Å². The molecule has 1 aromatic heterocycles. The summed E-state index contributed by atoms with van der Waals surface area (Å²) in [6, 6.07) is 0. The number of carbonyl (C=O) groups is 1. The van der Waals surface area contributed by atoms with E-state index < -0.39 is 0 Å². The minimum Gasteiger partial charge on any atom is -0.383 e. The predicted molar refractivity (Wildman–Crippen MR) is 66.0 cm³/mol. The number of anilines is 1. The Morgan fingerprint density at radius 3 is 2.82 bits per heavy atom. The van der Waals surface area contributed by atoms with Crippen molar-refractivity contribution in [2.75, 3.05) is 26.5 Å². The second-order valence-electron chi connectivity index (χ2n) is 4.25. The van der Waals surface area contributed by atoms with Crippen molar-refractivity contribution >= 4 is 11.7 Å². The van der Waals surface area contributed by atoms with E-state index in [-0.39, 0.29) is 5.78 Å². The van der Waals surface area contributed by atoms with Crippen molar-refractivity contribution in [3.63, 3.8) is 0 Å². The molecule has 0 unspecified atom stereocenters. The highest BCUT2D eigenvalue weighted by molar-refractivity contribution is 6.10. The number of ketones is 1. The number of fused-ring (bicyclic) bond motifs is 1. The third-order valence-corrected chi connectivity index (χ3v) is 2.67. The normalized spacial score (nSPS) is 16.9. The first-order valence-corrected chi connectivity index (χ1v) is 5.57. The maximum atomic E-state index is 12.2. The van der Waals surface area contributed by atoms with Gasteiger partial charge in [-0.1, -0.05) is 0 Å². The quantitative estimate of drug-likeness (QED) is 0.774. The molecule has 0 fully saturated rings. The number of nitrogens with zero attached hydrogens (tertiary/aromatic N) is 3. The highest BCUT2D eigenvalue weighted by atomic mass is 16.1. The van der Waals surface area contributed by atoms with E-state index in [1.807, 2.05) is 25.2 Å². The lowest BCUT2D eigenvalue weighted by atomic mass is 9.91. The number of nitrogens with one attached hydrogen (secondary N) is 1. The van der Waals surface area contributed by atoms with Crippen LogP contribution in [0.2, 0.25) is 0 Å². The van der Waals surface area contributed by atoms with E-state index in [4.69, 9.17) is 0 Å². The van der Waals surface area contributed by atoms with Gasteiger partial charge >= 0.3 is 0 Å². The molecule has 1 aromatic rings. The summed E-state index contributed by atoms with van der Waals surface area (Å²) < 4.78 is 0. The second-order valence-corrected chi connectivity index (χ2v) is 4.25. The van der Waals surface area contributed by atoms with Gasteiger partial charge in [0.2, 0.25) is 5.95 Å². The Kier molecular flexibility index (Phi) is 3.08. The van der Waals surface area contributed by atoms with Gasteiger partial charge < -0.3 is 10.2 Å². The zero-order chi connectivity index (χ0) is 12.4. The van der Waals surface area contributed by atoms with Gasteiger partial charge in [-0.25, -0.2) is 9.97 Å². The highest BCUT2D eigenvalue weighted by Gasteiger charge is 2.23. The van der Waals surface area contributed by atoms with Crippen LogP contribution >= 0.6 is 0 Å². The smallest absolute Gasteiger partial charge is 0.222 e. The molecule has 1 aliphatic rings. The number of aromatic nitrogens is 2. The molecule has 0 aliphatic heterocycles. The Morgan fingerprint density at radius 1 is 1.41 bits per heavy atom. The minimum atomic E-state index is 0.0441. The molecule has 0 saturated heterocycles. The highest BCUT2D eigenvalue weighted by Crippen LogP contribution is 2.24. The lowest BCUT2D eigenvalue weighted by molar-refractivity contribution is 0.102.